The number of benzene rings is 1. The Balaban J connectivity index is 2.58. The molecule has 0 aliphatic heterocycles. The topological polar surface area (TPSA) is 4.93 Å². The van der Waals surface area contributed by atoms with E-state index >= 15 is 0 Å². The summed E-state index contributed by atoms with van der Waals surface area (Å²) in [5.41, 5.74) is 2.46. The standard InChI is InChI=1S/C12H11N/c1-3-4-10-5-6-12-11(9-10)7-8-13(12)2/h1,5-9H,4H2,2H3. The average Bonchev–Trinajstić information content (AvgIpc) is 2.48. The number of hydrogen-bond acceptors (Lipinski definition) is 0. The maximum absolute atomic E-state index is 5.25. The van der Waals surface area contributed by atoms with Crippen LogP contribution in [0.25, 0.3) is 10.9 Å². The van der Waals surface area contributed by atoms with Gasteiger partial charge in [0, 0.05) is 25.2 Å². The number of aryl methyl sites for hydroxylation is 1. The molecular weight excluding hydrogens is 158 g/mol. The average molecular weight is 169 g/mol. The van der Waals surface area contributed by atoms with E-state index in [1.807, 2.05) is 7.05 Å². The third-order valence-electron chi connectivity index (χ3n) is 2.26. The van der Waals surface area contributed by atoms with E-state index in [-0.39, 0.29) is 0 Å². The minimum atomic E-state index is 0.713. The van der Waals surface area contributed by atoms with Crippen molar-refractivity contribution in [3.05, 3.63) is 36.0 Å². The molecule has 1 heterocycles. The second-order valence-corrected chi connectivity index (χ2v) is 3.20. The zero-order valence-corrected chi connectivity index (χ0v) is 7.62. The van der Waals surface area contributed by atoms with Gasteiger partial charge < -0.3 is 4.57 Å². The molecule has 1 aromatic heterocycles. The molecule has 64 valence electrons. The van der Waals surface area contributed by atoms with Crippen LogP contribution in [0.2, 0.25) is 0 Å². The quantitative estimate of drug-likeness (QED) is 0.577. The number of rotatable bonds is 1. The molecule has 2 rings (SSSR count). The van der Waals surface area contributed by atoms with Crippen LogP contribution < -0.4 is 0 Å². The molecule has 0 bridgehead atoms. The molecule has 1 aromatic carbocycles. The van der Waals surface area contributed by atoms with Gasteiger partial charge >= 0.3 is 0 Å². The number of aromatic nitrogens is 1. The summed E-state index contributed by atoms with van der Waals surface area (Å²) in [5.74, 6) is 2.65. The third-order valence-corrected chi connectivity index (χ3v) is 2.26. The van der Waals surface area contributed by atoms with Crippen molar-refractivity contribution >= 4 is 10.9 Å². The molecule has 0 amide bonds. The zero-order valence-electron chi connectivity index (χ0n) is 7.62. The Hall–Kier alpha value is -1.68. The van der Waals surface area contributed by atoms with Crippen molar-refractivity contribution in [2.45, 2.75) is 6.42 Å². The summed E-state index contributed by atoms with van der Waals surface area (Å²) in [6, 6.07) is 8.45. The highest BCUT2D eigenvalue weighted by Crippen LogP contribution is 2.16. The van der Waals surface area contributed by atoms with Gasteiger partial charge in [0.25, 0.3) is 0 Å². The summed E-state index contributed by atoms with van der Waals surface area (Å²) in [5, 5.41) is 1.26. The number of hydrogen-bond donors (Lipinski definition) is 0. The Morgan fingerprint density at radius 1 is 1.38 bits per heavy atom. The summed E-state index contributed by atoms with van der Waals surface area (Å²) in [6.45, 7) is 0. The fourth-order valence-corrected chi connectivity index (χ4v) is 1.56. The minimum absolute atomic E-state index is 0.713. The van der Waals surface area contributed by atoms with Crippen LogP contribution in [0, 0.1) is 12.3 Å². The van der Waals surface area contributed by atoms with Crippen molar-refractivity contribution in [1.82, 2.24) is 4.57 Å². The Labute approximate surface area is 78.0 Å². The molecule has 0 aliphatic carbocycles. The predicted molar refractivity (Wildman–Crippen MR) is 55.5 cm³/mol. The molecule has 0 spiro atoms. The van der Waals surface area contributed by atoms with Crippen molar-refractivity contribution in [2.75, 3.05) is 0 Å². The van der Waals surface area contributed by atoms with Crippen LogP contribution >= 0.6 is 0 Å². The lowest BCUT2D eigenvalue weighted by Gasteiger charge is -1.98. The van der Waals surface area contributed by atoms with Crippen molar-refractivity contribution in [3.8, 4) is 12.3 Å². The molecule has 0 aliphatic rings. The molecule has 0 unspecified atom stereocenters. The highest BCUT2D eigenvalue weighted by molar-refractivity contribution is 5.80. The lowest BCUT2D eigenvalue weighted by atomic mass is 10.1. The van der Waals surface area contributed by atoms with Crippen LogP contribution in [0.5, 0.6) is 0 Å². The summed E-state index contributed by atoms with van der Waals surface area (Å²) < 4.78 is 2.11. The van der Waals surface area contributed by atoms with Gasteiger partial charge in [-0.3, -0.25) is 0 Å². The first-order chi connectivity index (χ1) is 6.31. The number of terminal acetylenes is 1. The first kappa shape index (κ1) is 7.94. The van der Waals surface area contributed by atoms with E-state index < -0.39 is 0 Å². The SMILES string of the molecule is C#CCc1ccc2c(ccn2C)c1. The van der Waals surface area contributed by atoms with Gasteiger partial charge in [0.05, 0.1) is 0 Å². The maximum Gasteiger partial charge on any atom is 0.0477 e. The van der Waals surface area contributed by atoms with Crippen molar-refractivity contribution < 1.29 is 0 Å². The molecule has 13 heavy (non-hydrogen) atoms. The van der Waals surface area contributed by atoms with Crippen LogP contribution in [0.15, 0.2) is 30.5 Å². The van der Waals surface area contributed by atoms with E-state index in [1.165, 1.54) is 16.5 Å². The van der Waals surface area contributed by atoms with E-state index in [0.29, 0.717) is 6.42 Å². The highest BCUT2D eigenvalue weighted by atomic mass is 14.9. The van der Waals surface area contributed by atoms with Gasteiger partial charge in [-0.2, -0.15) is 0 Å². The van der Waals surface area contributed by atoms with Crippen LogP contribution in [0.3, 0.4) is 0 Å². The Morgan fingerprint density at radius 3 is 3.00 bits per heavy atom. The largest absolute Gasteiger partial charge is 0.351 e. The predicted octanol–water partition coefficient (Wildman–Crippen LogP) is 2.35. The summed E-state index contributed by atoms with van der Waals surface area (Å²) >= 11 is 0. The van der Waals surface area contributed by atoms with Crippen LogP contribution in [0.1, 0.15) is 5.56 Å². The molecule has 1 heteroatoms. The first-order valence-electron chi connectivity index (χ1n) is 4.28. The Bertz CT molecular complexity index is 471. The Morgan fingerprint density at radius 2 is 2.23 bits per heavy atom. The van der Waals surface area contributed by atoms with Gasteiger partial charge in [-0.1, -0.05) is 6.07 Å². The highest BCUT2D eigenvalue weighted by Gasteiger charge is 1.97. The lowest BCUT2D eigenvalue weighted by Crippen LogP contribution is -1.85. The minimum Gasteiger partial charge on any atom is -0.351 e. The number of nitrogens with zero attached hydrogens (tertiary/aromatic N) is 1. The van der Waals surface area contributed by atoms with Gasteiger partial charge in [0.15, 0.2) is 0 Å². The van der Waals surface area contributed by atoms with Crippen LogP contribution in [0.4, 0.5) is 0 Å². The third kappa shape index (κ3) is 1.31. The van der Waals surface area contributed by atoms with Crippen molar-refractivity contribution in [1.29, 1.82) is 0 Å². The number of fused-ring (bicyclic) bond motifs is 1. The van der Waals surface area contributed by atoms with Crippen LogP contribution in [-0.2, 0) is 13.5 Å². The Kier molecular flexibility index (Phi) is 1.83. The molecule has 0 N–H and O–H groups in total. The van der Waals surface area contributed by atoms with Crippen LogP contribution in [-0.4, -0.2) is 4.57 Å². The van der Waals surface area contributed by atoms with Gasteiger partial charge in [0.1, 0.15) is 0 Å². The fourth-order valence-electron chi connectivity index (χ4n) is 1.56. The van der Waals surface area contributed by atoms with E-state index in [4.69, 9.17) is 6.42 Å². The van der Waals surface area contributed by atoms with Gasteiger partial charge in [-0.15, -0.1) is 12.3 Å². The van der Waals surface area contributed by atoms with Gasteiger partial charge in [-0.05, 0) is 29.1 Å². The van der Waals surface area contributed by atoms with E-state index in [9.17, 15) is 0 Å². The van der Waals surface area contributed by atoms with E-state index in [2.05, 4.69) is 40.9 Å². The molecule has 0 saturated heterocycles. The first-order valence-corrected chi connectivity index (χ1v) is 4.28. The molecule has 2 aromatic rings. The van der Waals surface area contributed by atoms with Crippen molar-refractivity contribution in [3.63, 3.8) is 0 Å². The second kappa shape index (κ2) is 2.99. The molecule has 0 atom stereocenters. The second-order valence-electron chi connectivity index (χ2n) is 3.20. The normalized spacial score (nSPS) is 10.2. The van der Waals surface area contributed by atoms with E-state index in [1.54, 1.807) is 0 Å². The zero-order chi connectivity index (χ0) is 9.26. The van der Waals surface area contributed by atoms with Crippen molar-refractivity contribution in [2.24, 2.45) is 7.05 Å². The molecular formula is C12H11N. The van der Waals surface area contributed by atoms with Gasteiger partial charge in [0.2, 0.25) is 0 Å². The smallest absolute Gasteiger partial charge is 0.0477 e. The van der Waals surface area contributed by atoms with E-state index in [0.717, 1.165) is 0 Å². The molecule has 0 radical (unpaired) electrons. The summed E-state index contributed by atoms with van der Waals surface area (Å²) in [7, 11) is 2.04. The lowest BCUT2D eigenvalue weighted by molar-refractivity contribution is 0.969. The summed E-state index contributed by atoms with van der Waals surface area (Å²) in [6.07, 6.45) is 8.03. The molecule has 0 saturated carbocycles. The molecule has 1 nitrogen and oxygen atoms in total. The molecule has 0 fully saturated rings. The van der Waals surface area contributed by atoms with Gasteiger partial charge in [-0.25, -0.2) is 0 Å². The fraction of sp³-hybridized carbons (Fsp3) is 0.167. The monoisotopic (exact) mass is 169 g/mol. The summed E-state index contributed by atoms with van der Waals surface area (Å²) in [4.78, 5) is 0. The maximum atomic E-state index is 5.25.